The lowest BCUT2D eigenvalue weighted by Gasteiger charge is -2.41. The van der Waals surface area contributed by atoms with Crippen molar-refractivity contribution < 1.29 is 17.9 Å². The summed E-state index contributed by atoms with van der Waals surface area (Å²) in [4.78, 5) is 14.8. The number of hydrogen-bond donors (Lipinski definition) is 0. The van der Waals surface area contributed by atoms with Gasteiger partial charge in [-0.15, -0.1) is 0 Å². The molecule has 0 unspecified atom stereocenters. The second-order valence-corrected chi connectivity index (χ2v) is 9.87. The number of carbonyl (C=O) groups excluding carboxylic acids is 1. The Hall–Kier alpha value is -0.660. The lowest BCUT2D eigenvalue weighted by atomic mass is 9.76. The highest BCUT2D eigenvalue weighted by molar-refractivity contribution is 7.88. The molecule has 2 aliphatic rings. The molecular formula is C16H30N2O4S. The van der Waals surface area contributed by atoms with E-state index in [-0.39, 0.29) is 24.0 Å². The van der Waals surface area contributed by atoms with Crippen molar-refractivity contribution in [1.82, 2.24) is 9.21 Å². The van der Waals surface area contributed by atoms with E-state index in [2.05, 4.69) is 20.8 Å². The van der Waals surface area contributed by atoms with E-state index in [1.54, 1.807) is 7.11 Å². The van der Waals surface area contributed by atoms with E-state index < -0.39 is 16.1 Å². The van der Waals surface area contributed by atoms with Gasteiger partial charge in [0, 0.05) is 33.2 Å². The van der Waals surface area contributed by atoms with Crippen LogP contribution < -0.4 is 0 Å². The van der Waals surface area contributed by atoms with Crippen molar-refractivity contribution in [2.24, 2.45) is 11.3 Å². The van der Waals surface area contributed by atoms with E-state index in [1.165, 1.54) is 10.6 Å². The van der Waals surface area contributed by atoms with E-state index in [0.29, 0.717) is 18.9 Å². The summed E-state index contributed by atoms with van der Waals surface area (Å²) in [5.74, 6) is 0.385. The van der Waals surface area contributed by atoms with Gasteiger partial charge in [-0.3, -0.25) is 4.79 Å². The minimum absolute atomic E-state index is 0.0658. The van der Waals surface area contributed by atoms with Crippen LogP contribution in [0.5, 0.6) is 0 Å². The van der Waals surface area contributed by atoms with E-state index >= 15 is 0 Å². The normalized spacial score (nSPS) is 30.7. The van der Waals surface area contributed by atoms with Gasteiger partial charge in [-0.2, -0.15) is 4.31 Å². The fourth-order valence-electron chi connectivity index (χ4n) is 3.63. The number of piperidine rings is 1. The Morgan fingerprint density at radius 2 is 1.87 bits per heavy atom. The Morgan fingerprint density at radius 3 is 2.39 bits per heavy atom. The van der Waals surface area contributed by atoms with Gasteiger partial charge in [0.15, 0.2) is 0 Å². The van der Waals surface area contributed by atoms with Gasteiger partial charge in [-0.1, -0.05) is 20.8 Å². The van der Waals surface area contributed by atoms with Crippen LogP contribution in [0.4, 0.5) is 0 Å². The van der Waals surface area contributed by atoms with Crippen molar-refractivity contribution in [3.63, 3.8) is 0 Å². The van der Waals surface area contributed by atoms with Gasteiger partial charge in [-0.05, 0) is 24.2 Å². The first-order valence-corrected chi connectivity index (χ1v) is 10.2. The average molecular weight is 346 g/mol. The topological polar surface area (TPSA) is 66.9 Å². The second kappa shape index (κ2) is 6.69. The van der Waals surface area contributed by atoms with Gasteiger partial charge in [0.05, 0.1) is 12.4 Å². The Morgan fingerprint density at radius 1 is 1.22 bits per heavy atom. The number of carbonyl (C=O) groups is 1. The zero-order valence-electron chi connectivity index (χ0n) is 14.9. The molecule has 23 heavy (non-hydrogen) atoms. The largest absolute Gasteiger partial charge is 0.380 e. The van der Waals surface area contributed by atoms with Gasteiger partial charge in [0.2, 0.25) is 15.9 Å². The Bertz CT molecular complexity index is 541. The highest BCUT2D eigenvalue weighted by Gasteiger charge is 2.44. The third-order valence-corrected chi connectivity index (χ3v) is 6.48. The number of amides is 1. The summed E-state index contributed by atoms with van der Waals surface area (Å²) in [7, 11) is -1.85. The van der Waals surface area contributed by atoms with Gasteiger partial charge < -0.3 is 9.64 Å². The quantitative estimate of drug-likeness (QED) is 0.773. The molecule has 134 valence electrons. The molecule has 3 atom stereocenters. The van der Waals surface area contributed by atoms with Crippen LogP contribution >= 0.6 is 0 Å². The van der Waals surface area contributed by atoms with Crippen LogP contribution in [0.15, 0.2) is 0 Å². The molecule has 7 heteroatoms. The average Bonchev–Trinajstić information content (AvgIpc) is 2.90. The maximum absolute atomic E-state index is 13.0. The molecule has 2 aliphatic heterocycles. The summed E-state index contributed by atoms with van der Waals surface area (Å²) in [6.07, 6.45) is 3.50. The molecule has 2 saturated heterocycles. The van der Waals surface area contributed by atoms with E-state index in [0.717, 1.165) is 19.4 Å². The molecule has 0 aromatic rings. The molecular weight excluding hydrogens is 316 g/mol. The van der Waals surface area contributed by atoms with Crippen LogP contribution in [-0.4, -0.2) is 68.7 Å². The summed E-state index contributed by atoms with van der Waals surface area (Å²) >= 11 is 0. The van der Waals surface area contributed by atoms with Gasteiger partial charge in [0.1, 0.15) is 6.04 Å². The molecule has 2 fully saturated rings. The SMILES string of the molecule is CO[C@H]1C[C@H](C(=O)N2CCC[C@H](C(C)(C)C)C2)N(S(C)(=O)=O)C1. The first-order valence-electron chi connectivity index (χ1n) is 8.32. The minimum Gasteiger partial charge on any atom is -0.380 e. The van der Waals surface area contributed by atoms with Crippen LogP contribution in [0.2, 0.25) is 0 Å². The number of rotatable bonds is 3. The highest BCUT2D eigenvalue weighted by Crippen LogP contribution is 2.34. The number of nitrogens with zero attached hydrogens (tertiary/aromatic N) is 2. The van der Waals surface area contributed by atoms with E-state index in [4.69, 9.17) is 4.74 Å². The summed E-state index contributed by atoms with van der Waals surface area (Å²) in [5.41, 5.74) is 0.153. The van der Waals surface area contributed by atoms with Crippen LogP contribution in [0.3, 0.4) is 0 Å². The molecule has 2 rings (SSSR count). The van der Waals surface area contributed by atoms with Crippen molar-refractivity contribution in [3.05, 3.63) is 0 Å². The molecule has 0 aromatic heterocycles. The Balaban J connectivity index is 2.14. The summed E-state index contributed by atoms with van der Waals surface area (Å²) < 4.78 is 30.6. The minimum atomic E-state index is -3.41. The zero-order valence-corrected chi connectivity index (χ0v) is 15.7. The van der Waals surface area contributed by atoms with Crippen molar-refractivity contribution in [2.45, 2.75) is 52.2 Å². The first-order chi connectivity index (χ1) is 10.5. The number of methoxy groups -OCH3 is 1. The maximum atomic E-state index is 13.0. The molecule has 6 nitrogen and oxygen atoms in total. The van der Waals surface area contributed by atoms with Gasteiger partial charge in [0.25, 0.3) is 0 Å². The van der Waals surface area contributed by atoms with Gasteiger partial charge in [-0.25, -0.2) is 8.42 Å². The fourth-order valence-corrected chi connectivity index (χ4v) is 4.70. The number of likely N-dealkylation sites (tertiary alicyclic amines) is 1. The molecule has 0 N–H and O–H groups in total. The van der Waals surface area contributed by atoms with Crippen LogP contribution in [0, 0.1) is 11.3 Å². The Kier molecular flexibility index (Phi) is 5.43. The van der Waals surface area contributed by atoms with Crippen molar-refractivity contribution in [1.29, 1.82) is 0 Å². The highest BCUT2D eigenvalue weighted by atomic mass is 32.2. The molecule has 0 saturated carbocycles. The zero-order chi connectivity index (χ0) is 17.4. The fraction of sp³-hybridized carbons (Fsp3) is 0.938. The third-order valence-electron chi connectivity index (χ3n) is 5.22. The monoisotopic (exact) mass is 346 g/mol. The lowest BCUT2D eigenvalue weighted by Crippen LogP contribution is -2.51. The van der Waals surface area contributed by atoms with Crippen LogP contribution in [-0.2, 0) is 19.6 Å². The molecule has 2 heterocycles. The molecule has 0 bridgehead atoms. The predicted octanol–water partition coefficient (Wildman–Crippen LogP) is 1.32. The summed E-state index contributed by atoms with van der Waals surface area (Å²) in [5, 5.41) is 0. The summed E-state index contributed by atoms with van der Waals surface area (Å²) in [6, 6.07) is -0.617. The molecule has 0 radical (unpaired) electrons. The second-order valence-electron chi connectivity index (χ2n) is 7.93. The number of ether oxygens (including phenoxy) is 1. The van der Waals surface area contributed by atoms with Gasteiger partial charge >= 0.3 is 0 Å². The standard InChI is InChI=1S/C16H30N2O4S/c1-16(2,3)12-7-6-8-17(10-12)15(19)14-9-13(22-4)11-18(14)23(5,20)21/h12-14H,6-11H2,1-5H3/t12-,13-,14+/m0/s1. The van der Waals surface area contributed by atoms with Crippen molar-refractivity contribution in [3.8, 4) is 0 Å². The Labute approximate surface area is 140 Å². The number of hydrogen-bond acceptors (Lipinski definition) is 4. The van der Waals surface area contributed by atoms with E-state index in [9.17, 15) is 13.2 Å². The molecule has 0 spiro atoms. The van der Waals surface area contributed by atoms with Crippen LogP contribution in [0.25, 0.3) is 0 Å². The first kappa shape index (κ1) is 18.7. The third kappa shape index (κ3) is 4.25. The summed E-state index contributed by atoms with van der Waals surface area (Å²) in [6.45, 7) is 8.30. The van der Waals surface area contributed by atoms with E-state index in [1.807, 2.05) is 4.90 Å². The molecule has 0 aliphatic carbocycles. The van der Waals surface area contributed by atoms with Crippen molar-refractivity contribution >= 4 is 15.9 Å². The predicted molar refractivity (Wildman–Crippen MR) is 89.5 cm³/mol. The lowest BCUT2D eigenvalue weighted by molar-refractivity contribution is -0.137. The smallest absolute Gasteiger partial charge is 0.241 e. The van der Waals surface area contributed by atoms with Crippen molar-refractivity contribution in [2.75, 3.05) is 33.0 Å². The number of sulfonamides is 1. The maximum Gasteiger partial charge on any atom is 0.241 e. The molecule has 0 aromatic carbocycles. The molecule has 1 amide bonds. The van der Waals surface area contributed by atoms with Crippen LogP contribution in [0.1, 0.15) is 40.0 Å².